The molecule has 2 rings (SSSR count). The highest BCUT2D eigenvalue weighted by atomic mass is 19.1. The number of amides is 2. The number of likely N-dealkylation sites (tertiary alicyclic amines) is 1. The van der Waals surface area contributed by atoms with Crippen LogP contribution in [0.5, 0.6) is 0 Å². The van der Waals surface area contributed by atoms with Crippen molar-refractivity contribution < 1.29 is 14.0 Å². The van der Waals surface area contributed by atoms with Crippen LogP contribution >= 0.6 is 0 Å². The summed E-state index contributed by atoms with van der Waals surface area (Å²) in [6, 6.07) is 6.59. The van der Waals surface area contributed by atoms with E-state index in [4.69, 9.17) is 0 Å². The zero-order valence-corrected chi connectivity index (χ0v) is 13.7. The molecule has 1 unspecified atom stereocenters. The standard InChI is InChI=1S/C18H25FN2O2/c1-2-3-6-10-20-18(23)15-12-17(22)21(13-15)11-9-14-7-4-5-8-16(14)19/h4-5,7-8,15H,2-3,6,9-13H2,1H3,(H,20,23). The third kappa shape index (κ3) is 5.05. The molecular formula is C18H25FN2O2. The summed E-state index contributed by atoms with van der Waals surface area (Å²) < 4.78 is 13.6. The highest BCUT2D eigenvalue weighted by molar-refractivity contribution is 5.89. The van der Waals surface area contributed by atoms with E-state index in [-0.39, 0.29) is 30.0 Å². The second-order valence-electron chi connectivity index (χ2n) is 6.08. The molecule has 1 heterocycles. The zero-order valence-electron chi connectivity index (χ0n) is 13.7. The highest BCUT2D eigenvalue weighted by Gasteiger charge is 2.33. The molecule has 1 saturated heterocycles. The van der Waals surface area contributed by atoms with E-state index < -0.39 is 0 Å². The minimum Gasteiger partial charge on any atom is -0.356 e. The molecule has 1 N–H and O–H groups in total. The molecule has 23 heavy (non-hydrogen) atoms. The first-order valence-electron chi connectivity index (χ1n) is 8.40. The molecule has 0 aromatic heterocycles. The van der Waals surface area contributed by atoms with Crippen molar-refractivity contribution in [2.75, 3.05) is 19.6 Å². The summed E-state index contributed by atoms with van der Waals surface area (Å²) in [6.45, 7) is 3.68. The van der Waals surface area contributed by atoms with Crippen molar-refractivity contribution in [3.05, 3.63) is 35.6 Å². The molecule has 0 aliphatic carbocycles. The van der Waals surface area contributed by atoms with Crippen molar-refractivity contribution in [3.8, 4) is 0 Å². The van der Waals surface area contributed by atoms with E-state index in [1.165, 1.54) is 6.07 Å². The van der Waals surface area contributed by atoms with Gasteiger partial charge in [-0.3, -0.25) is 9.59 Å². The Balaban J connectivity index is 1.78. The number of halogens is 1. The number of hydrogen-bond donors (Lipinski definition) is 1. The summed E-state index contributed by atoms with van der Waals surface area (Å²) in [5.74, 6) is -0.577. The van der Waals surface area contributed by atoms with Gasteiger partial charge >= 0.3 is 0 Å². The molecule has 0 saturated carbocycles. The number of rotatable bonds is 8. The second kappa shape index (κ2) is 8.65. The predicted molar refractivity (Wildman–Crippen MR) is 87.3 cm³/mol. The summed E-state index contributed by atoms with van der Waals surface area (Å²) in [7, 11) is 0. The van der Waals surface area contributed by atoms with Gasteiger partial charge in [-0.15, -0.1) is 0 Å². The van der Waals surface area contributed by atoms with Crippen molar-refractivity contribution in [1.82, 2.24) is 10.2 Å². The molecule has 2 amide bonds. The molecule has 4 nitrogen and oxygen atoms in total. The van der Waals surface area contributed by atoms with Crippen LogP contribution < -0.4 is 5.32 Å². The van der Waals surface area contributed by atoms with Crippen LogP contribution in [0.3, 0.4) is 0 Å². The maximum Gasteiger partial charge on any atom is 0.225 e. The molecule has 0 bridgehead atoms. The van der Waals surface area contributed by atoms with Crippen LogP contribution in [0.25, 0.3) is 0 Å². The van der Waals surface area contributed by atoms with Crippen molar-refractivity contribution in [1.29, 1.82) is 0 Å². The van der Waals surface area contributed by atoms with Gasteiger partial charge in [0, 0.05) is 26.1 Å². The lowest BCUT2D eigenvalue weighted by molar-refractivity contribution is -0.129. The number of nitrogens with zero attached hydrogens (tertiary/aromatic N) is 1. The largest absolute Gasteiger partial charge is 0.356 e. The van der Waals surface area contributed by atoms with E-state index in [1.54, 1.807) is 23.1 Å². The van der Waals surface area contributed by atoms with Crippen LogP contribution in [-0.2, 0) is 16.0 Å². The zero-order chi connectivity index (χ0) is 16.7. The van der Waals surface area contributed by atoms with E-state index in [0.717, 1.165) is 19.3 Å². The Bertz CT molecular complexity index is 548. The third-order valence-electron chi connectivity index (χ3n) is 4.27. The maximum atomic E-state index is 13.6. The van der Waals surface area contributed by atoms with Gasteiger partial charge in [0.1, 0.15) is 5.82 Å². The summed E-state index contributed by atoms with van der Waals surface area (Å²) in [6.07, 6.45) is 3.92. The quantitative estimate of drug-likeness (QED) is 0.748. The number of carbonyl (C=O) groups excluding carboxylic acids is 2. The number of carbonyl (C=O) groups is 2. The fourth-order valence-corrected chi connectivity index (χ4v) is 2.85. The van der Waals surface area contributed by atoms with Gasteiger partial charge in [0.25, 0.3) is 0 Å². The van der Waals surface area contributed by atoms with Gasteiger partial charge in [-0.2, -0.15) is 0 Å². The van der Waals surface area contributed by atoms with Gasteiger partial charge in [0.05, 0.1) is 5.92 Å². The summed E-state index contributed by atoms with van der Waals surface area (Å²) in [5.41, 5.74) is 0.604. The third-order valence-corrected chi connectivity index (χ3v) is 4.27. The van der Waals surface area contributed by atoms with Gasteiger partial charge in [-0.25, -0.2) is 4.39 Å². The molecule has 1 fully saturated rings. The summed E-state index contributed by atoms with van der Waals surface area (Å²) >= 11 is 0. The molecule has 1 aromatic rings. The van der Waals surface area contributed by atoms with Crippen molar-refractivity contribution in [2.45, 2.75) is 39.0 Å². The van der Waals surface area contributed by atoms with Gasteiger partial charge in [0.15, 0.2) is 0 Å². The van der Waals surface area contributed by atoms with E-state index in [0.29, 0.717) is 31.6 Å². The molecule has 1 aliphatic heterocycles. The normalized spacial score (nSPS) is 17.6. The summed E-state index contributed by atoms with van der Waals surface area (Å²) in [4.78, 5) is 25.8. The molecule has 5 heteroatoms. The van der Waals surface area contributed by atoms with Crippen LogP contribution in [0.1, 0.15) is 38.2 Å². The van der Waals surface area contributed by atoms with Crippen molar-refractivity contribution in [2.24, 2.45) is 5.92 Å². The molecule has 1 aliphatic rings. The molecule has 1 aromatic carbocycles. The van der Waals surface area contributed by atoms with E-state index in [2.05, 4.69) is 12.2 Å². The van der Waals surface area contributed by atoms with Crippen molar-refractivity contribution in [3.63, 3.8) is 0 Å². The topological polar surface area (TPSA) is 49.4 Å². The number of unbranched alkanes of at least 4 members (excludes halogenated alkanes) is 2. The SMILES string of the molecule is CCCCCNC(=O)C1CC(=O)N(CCc2ccccc2F)C1. The Morgan fingerprint density at radius 3 is 2.87 bits per heavy atom. The Labute approximate surface area is 137 Å². The smallest absolute Gasteiger partial charge is 0.225 e. The number of benzene rings is 1. The highest BCUT2D eigenvalue weighted by Crippen LogP contribution is 2.19. The van der Waals surface area contributed by atoms with Crippen LogP contribution in [0.2, 0.25) is 0 Å². The fourth-order valence-electron chi connectivity index (χ4n) is 2.85. The number of nitrogens with one attached hydrogen (secondary N) is 1. The van der Waals surface area contributed by atoms with Gasteiger partial charge in [-0.1, -0.05) is 38.0 Å². The molecule has 1 atom stereocenters. The summed E-state index contributed by atoms with van der Waals surface area (Å²) in [5, 5.41) is 2.91. The van der Waals surface area contributed by atoms with Crippen LogP contribution in [0, 0.1) is 11.7 Å². The first-order valence-corrected chi connectivity index (χ1v) is 8.40. The maximum absolute atomic E-state index is 13.6. The minimum atomic E-state index is -0.273. The minimum absolute atomic E-state index is 0.0185. The lowest BCUT2D eigenvalue weighted by Crippen LogP contribution is -2.34. The van der Waals surface area contributed by atoms with Crippen molar-refractivity contribution >= 4 is 11.8 Å². The first-order chi connectivity index (χ1) is 11.1. The lowest BCUT2D eigenvalue weighted by Gasteiger charge is -2.16. The monoisotopic (exact) mass is 320 g/mol. The molecule has 126 valence electrons. The molecule has 0 spiro atoms. The lowest BCUT2D eigenvalue weighted by atomic mass is 10.1. The Morgan fingerprint density at radius 2 is 2.13 bits per heavy atom. The van der Waals surface area contributed by atoms with Gasteiger partial charge in [0.2, 0.25) is 11.8 Å². The van der Waals surface area contributed by atoms with Gasteiger partial charge < -0.3 is 10.2 Å². The van der Waals surface area contributed by atoms with Gasteiger partial charge in [-0.05, 0) is 24.5 Å². The van der Waals surface area contributed by atoms with Crippen LogP contribution in [0.4, 0.5) is 4.39 Å². The average molecular weight is 320 g/mol. The predicted octanol–water partition coefficient (Wildman–Crippen LogP) is 2.52. The van der Waals surface area contributed by atoms with Crippen LogP contribution in [0.15, 0.2) is 24.3 Å². The Morgan fingerprint density at radius 1 is 1.35 bits per heavy atom. The fraction of sp³-hybridized carbons (Fsp3) is 0.556. The van der Waals surface area contributed by atoms with E-state index in [1.807, 2.05) is 0 Å². The van der Waals surface area contributed by atoms with E-state index in [9.17, 15) is 14.0 Å². The number of hydrogen-bond acceptors (Lipinski definition) is 2. The Hall–Kier alpha value is -1.91. The average Bonchev–Trinajstić information content (AvgIpc) is 2.92. The van der Waals surface area contributed by atoms with Crippen LogP contribution in [-0.4, -0.2) is 36.3 Å². The molecular weight excluding hydrogens is 295 g/mol. The molecule has 0 radical (unpaired) electrons. The first kappa shape index (κ1) is 17.4. The Kier molecular flexibility index (Phi) is 6.56. The van der Waals surface area contributed by atoms with E-state index >= 15 is 0 Å². The second-order valence-corrected chi connectivity index (χ2v) is 6.08.